The summed E-state index contributed by atoms with van der Waals surface area (Å²) in [4.78, 5) is 0. The van der Waals surface area contributed by atoms with Crippen molar-refractivity contribution in [2.24, 2.45) is 0 Å². The number of hydrogen-bond donors (Lipinski definition) is 0. The number of hydrogen-bond acceptors (Lipinski definition) is 3. The lowest BCUT2D eigenvalue weighted by molar-refractivity contribution is -0.0517. The third-order valence-electron chi connectivity index (χ3n) is 4.98. The predicted molar refractivity (Wildman–Crippen MR) is 113 cm³/mol. The molecule has 0 spiro atoms. The summed E-state index contributed by atoms with van der Waals surface area (Å²) in [6.07, 6.45) is 1.75. The summed E-state index contributed by atoms with van der Waals surface area (Å²) in [6.45, 7) is 11.6. The van der Waals surface area contributed by atoms with E-state index >= 15 is 0 Å². The molecule has 2 aromatic heterocycles. The third-order valence-corrected chi connectivity index (χ3v) is 5.26. The molecule has 30 heavy (non-hydrogen) atoms. The molecule has 0 aliphatic rings. The van der Waals surface area contributed by atoms with E-state index in [9.17, 15) is 13.2 Å². The van der Waals surface area contributed by atoms with Crippen molar-refractivity contribution in [3.05, 3.63) is 28.3 Å². The van der Waals surface area contributed by atoms with Gasteiger partial charge in [0.25, 0.3) is 0 Å². The van der Waals surface area contributed by atoms with Crippen LogP contribution in [0, 0.1) is 0 Å². The fraction of sp³-hybridized carbons (Fsp3) is 0.714. The summed E-state index contributed by atoms with van der Waals surface area (Å²) >= 11 is 6.40. The molecule has 0 amide bonds. The zero-order valence-corrected chi connectivity index (χ0v) is 19.7. The lowest BCUT2D eigenvalue weighted by atomic mass is 9.82. The van der Waals surface area contributed by atoms with Crippen molar-refractivity contribution in [2.75, 3.05) is 6.67 Å². The highest BCUT2D eigenvalue weighted by atomic mass is 35.5. The Hall–Kier alpha value is -1.70. The second kappa shape index (κ2) is 8.81. The standard InChI is InChI=1S/C21H32ClF3N4O/c1-12(2)28-18(20(4,5)6)16(30-19(24)25)15(27-28)9-21(7,8)17-14(22)11-26-29(17)13(3)10-23/h11-13,19H,9-10H2,1-8H3/t13-/m1/s1. The maximum Gasteiger partial charge on any atom is 0.387 e. The Bertz CT molecular complexity index is 868. The Morgan fingerprint density at radius 2 is 1.67 bits per heavy atom. The van der Waals surface area contributed by atoms with Crippen molar-refractivity contribution in [1.82, 2.24) is 19.6 Å². The molecule has 0 saturated carbocycles. The van der Waals surface area contributed by atoms with Gasteiger partial charge < -0.3 is 4.74 Å². The first-order valence-corrected chi connectivity index (χ1v) is 10.4. The first kappa shape index (κ1) is 24.6. The van der Waals surface area contributed by atoms with Crippen molar-refractivity contribution < 1.29 is 17.9 Å². The zero-order valence-electron chi connectivity index (χ0n) is 18.9. The van der Waals surface area contributed by atoms with Crippen molar-refractivity contribution in [3.8, 4) is 5.75 Å². The fourth-order valence-corrected chi connectivity index (χ4v) is 4.12. The van der Waals surface area contributed by atoms with Gasteiger partial charge in [0, 0.05) is 23.3 Å². The van der Waals surface area contributed by atoms with E-state index in [0.717, 1.165) is 0 Å². The molecular formula is C21H32ClF3N4O. The Balaban J connectivity index is 2.63. The van der Waals surface area contributed by atoms with Crippen LogP contribution >= 0.6 is 11.6 Å². The largest absolute Gasteiger partial charge is 0.431 e. The van der Waals surface area contributed by atoms with Crippen molar-refractivity contribution in [2.45, 2.75) is 91.3 Å². The third kappa shape index (κ3) is 4.95. The SMILES string of the molecule is CC(C)n1nc(CC(C)(C)c2c(Cl)cnn2[C@H](C)CF)c(OC(F)F)c1C(C)(C)C. The van der Waals surface area contributed by atoms with Crippen LogP contribution in [-0.4, -0.2) is 32.8 Å². The Labute approximate surface area is 181 Å². The smallest absolute Gasteiger partial charge is 0.387 e. The van der Waals surface area contributed by atoms with E-state index in [4.69, 9.17) is 16.3 Å². The molecule has 0 fully saturated rings. The highest BCUT2D eigenvalue weighted by Crippen LogP contribution is 2.41. The van der Waals surface area contributed by atoms with Crippen LogP contribution in [0.2, 0.25) is 5.02 Å². The van der Waals surface area contributed by atoms with Crippen LogP contribution in [0.25, 0.3) is 0 Å². The van der Waals surface area contributed by atoms with Gasteiger partial charge in [0.05, 0.1) is 28.6 Å². The Kier molecular flexibility index (Phi) is 7.21. The molecule has 0 saturated heterocycles. The van der Waals surface area contributed by atoms with Crippen LogP contribution < -0.4 is 4.74 Å². The lowest BCUT2D eigenvalue weighted by Gasteiger charge is -2.28. The minimum Gasteiger partial charge on any atom is -0.431 e. The summed E-state index contributed by atoms with van der Waals surface area (Å²) in [7, 11) is 0. The molecule has 2 aromatic rings. The van der Waals surface area contributed by atoms with Gasteiger partial charge in [-0.2, -0.15) is 19.0 Å². The van der Waals surface area contributed by atoms with E-state index in [1.807, 2.05) is 48.5 Å². The molecule has 0 bridgehead atoms. The summed E-state index contributed by atoms with van der Waals surface area (Å²) in [5.74, 6) is 0.0972. The number of alkyl halides is 3. The maximum atomic E-state index is 13.3. The van der Waals surface area contributed by atoms with Crippen molar-refractivity contribution in [3.63, 3.8) is 0 Å². The number of nitrogens with zero attached hydrogens (tertiary/aromatic N) is 4. The van der Waals surface area contributed by atoms with Crippen LogP contribution in [-0.2, 0) is 17.3 Å². The Morgan fingerprint density at radius 1 is 1.07 bits per heavy atom. The van der Waals surface area contributed by atoms with Gasteiger partial charge in [0.1, 0.15) is 12.4 Å². The van der Waals surface area contributed by atoms with Crippen molar-refractivity contribution >= 4 is 11.6 Å². The van der Waals surface area contributed by atoms with Gasteiger partial charge in [-0.3, -0.25) is 9.36 Å². The minimum atomic E-state index is -2.97. The number of halogens is 4. The molecule has 170 valence electrons. The molecule has 0 unspecified atom stereocenters. The molecule has 1 atom stereocenters. The molecule has 0 aliphatic carbocycles. The van der Waals surface area contributed by atoms with Crippen molar-refractivity contribution in [1.29, 1.82) is 0 Å². The van der Waals surface area contributed by atoms with E-state index in [-0.39, 0.29) is 18.2 Å². The molecule has 2 rings (SSSR count). The first-order valence-electron chi connectivity index (χ1n) is 10.1. The van der Waals surface area contributed by atoms with E-state index < -0.39 is 30.2 Å². The zero-order chi connectivity index (χ0) is 23.0. The molecular weight excluding hydrogens is 417 g/mol. The van der Waals surface area contributed by atoms with Gasteiger partial charge in [-0.1, -0.05) is 46.2 Å². The van der Waals surface area contributed by atoms with Gasteiger partial charge in [-0.25, -0.2) is 4.39 Å². The highest BCUT2D eigenvalue weighted by molar-refractivity contribution is 6.31. The molecule has 0 aromatic carbocycles. The minimum absolute atomic E-state index is 0.0446. The number of ether oxygens (including phenoxy) is 1. The monoisotopic (exact) mass is 448 g/mol. The molecule has 5 nitrogen and oxygen atoms in total. The number of aromatic nitrogens is 4. The fourth-order valence-electron chi connectivity index (χ4n) is 3.73. The summed E-state index contributed by atoms with van der Waals surface area (Å²) in [5.41, 5.74) is 0.527. The average molecular weight is 449 g/mol. The van der Waals surface area contributed by atoms with Crippen LogP contribution in [0.1, 0.15) is 84.6 Å². The summed E-state index contributed by atoms with van der Waals surface area (Å²) < 4.78 is 48.3. The van der Waals surface area contributed by atoms with Crippen LogP contribution in [0.5, 0.6) is 5.75 Å². The lowest BCUT2D eigenvalue weighted by Crippen LogP contribution is -2.28. The summed E-state index contributed by atoms with van der Waals surface area (Å²) in [6, 6.07) is -0.543. The first-order chi connectivity index (χ1) is 13.7. The second-order valence-corrected chi connectivity index (χ2v) is 10.0. The van der Waals surface area contributed by atoms with E-state index in [0.29, 0.717) is 22.1 Å². The summed E-state index contributed by atoms with van der Waals surface area (Å²) in [5, 5.41) is 9.28. The van der Waals surface area contributed by atoms with Crippen LogP contribution in [0.3, 0.4) is 0 Å². The molecule has 9 heteroatoms. The second-order valence-electron chi connectivity index (χ2n) is 9.64. The maximum absolute atomic E-state index is 13.3. The van der Waals surface area contributed by atoms with E-state index in [1.54, 1.807) is 16.3 Å². The molecule has 0 radical (unpaired) electrons. The van der Waals surface area contributed by atoms with Gasteiger partial charge in [-0.05, 0) is 20.8 Å². The highest BCUT2D eigenvalue weighted by Gasteiger charge is 2.36. The van der Waals surface area contributed by atoms with Gasteiger partial charge >= 0.3 is 6.61 Å². The van der Waals surface area contributed by atoms with Gasteiger partial charge in [0.2, 0.25) is 0 Å². The number of rotatable bonds is 8. The van der Waals surface area contributed by atoms with Crippen LogP contribution in [0.15, 0.2) is 6.20 Å². The molecule has 0 N–H and O–H groups in total. The quantitative estimate of drug-likeness (QED) is 0.478. The average Bonchev–Trinajstić information content (AvgIpc) is 3.14. The predicted octanol–water partition coefficient (Wildman–Crippen LogP) is 6.26. The topological polar surface area (TPSA) is 44.9 Å². The van der Waals surface area contributed by atoms with E-state index in [1.165, 1.54) is 6.20 Å². The normalized spacial score (nSPS) is 14.1. The van der Waals surface area contributed by atoms with Crippen LogP contribution in [0.4, 0.5) is 13.2 Å². The van der Waals surface area contributed by atoms with Gasteiger partial charge in [0.15, 0.2) is 5.75 Å². The Morgan fingerprint density at radius 3 is 2.13 bits per heavy atom. The van der Waals surface area contributed by atoms with Gasteiger partial charge in [-0.15, -0.1) is 0 Å². The van der Waals surface area contributed by atoms with E-state index in [2.05, 4.69) is 10.2 Å². The molecule has 2 heterocycles. The molecule has 0 aliphatic heterocycles.